The molecule has 130 valence electrons. The SMILES string of the molecule is O=C(/C=C/c1ccc(OCc2ccccc2)cc1)c1ccc(Cl)c(Cl)c1. The molecule has 0 bridgehead atoms. The van der Waals surface area contributed by atoms with E-state index in [1.54, 1.807) is 24.3 Å². The lowest BCUT2D eigenvalue weighted by atomic mass is 10.1. The van der Waals surface area contributed by atoms with Gasteiger partial charge < -0.3 is 4.74 Å². The van der Waals surface area contributed by atoms with Gasteiger partial charge in [0.15, 0.2) is 5.78 Å². The maximum atomic E-state index is 12.2. The molecule has 0 saturated heterocycles. The summed E-state index contributed by atoms with van der Waals surface area (Å²) in [6.45, 7) is 0.520. The summed E-state index contributed by atoms with van der Waals surface area (Å²) in [5, 5.41) is 0.795. The third-order valence-corrected chi connectivity index (χ3v) is 4.50. The second kappa shape index (κ2) is 8.70. The minimum atomic E-state index is -0.132. The van der Waals surface area contributed by atoms with Gasteiger partial charge in [0.05, 0.1) is 10.0 Å². The molecule has 0 aliphatic rings. The average Bonchev–Trinajstić information content (AvgIpc) is 2.68. The van der Waals surface area contributed by atoms with Gasteiger partial charge in [-0.15, -0.1) is 0 Å². The van der Waals surface area contributed by atoms with Gasteiger partial charge in [-0.3, -0.25) is 4.79 Å². The van der Waals surface area contributed by atoms with Crippen LogP contribution in [0.5, 0.6) is 5.75 Å². The summed E-state index contributed by atoms with van der Waals surface area (Å²) in [5.74, 6) is 0.648. The predicted molar refractivity (Wildman–Crippen MR) is 107 cm³/mol. The van der Waals surface area contributed by atoms with E-state index in [1.807, 2.05) is 54.6 Å². The number of ketones is 1. The summed E-state index contributed by atoms with van der Waals surface area (Å²) in [6.07, 6.45) is 3.27. The van der Waals surface area contributed by atoms with Crippen LogP contribution in [-0.4, -0.2) is 5.78 Å². The van der Waals surface area contributed by atoms with Crippen molar-refractivity contribution in [3.8, 4) is 5.75 Å². The summed E-state index contributed by atoms with van der Waals surface area (Å²) in [4.78, 5) is 12.2. The molecule has 3 aromatic carbocycles. The molecular formula is C22H16Cl2O2. The summed E-state index contributed by atoms with van der Waals surface area (Å²) >= 11 is 11.8. The molecule has 0 heterocycles. The maximum absolute atomic E-state index is 12.2. The van der Waals surface area contributed by atoms with E-state index in [4.69, 9.17) is 27.9 Å². The van der Waals surface area contributed by atoms with Crippen molar-refractivity contribution in [3.63, 3.8) is 0 Å². The van der Waals surface area contributed by atoms with E-state index in [-0.39, 0.29) is 5.78 Å². The van der Waals surface area contributed by atoms with Gasteiger partial charge in [0.2, 0.25) is 0 Å². The third kappa shape index (κ3) is 4.98. The van der Waals surface area contributed by atoms with Gasteiger partial charge in [-0.2, -0.15) is 0 Å². The molecule has 0 saturated carbocycles. The van der Waals surface area contributed by atoms with E-state index in [1.165, 1.54) is 6.08 Å². The monoisotopic (exact) mass is 382 g/mol. The summed E-state index contributed by atoms with van der Waals surface area (Å²) in [5.41, 5.74) is 2.52. The van der Waals surface area contributed by atoms with Crippen LogP contribution in [0, 0.1) is 0 Å². The molecule has 0 atom stereocenters. The van der Waals surface area contributed by atoms with Crippen molar-refractivity contribution in [2.75, 3.05) is 0 Å². The van der Waals surface area contributed by atoms with Crippen LogP contribution in [-0.2, 0) is 6.61 Å². The highest BCUT2D eigenvalue weighted by molar-refractivity contribution is 6.42. The summed E-state index contributed by atoms with van der Waals surface area (Å²) < 4.78 is 5.75. The van der Waals surface area contributed by atoms with Gasteiger partial charge >= 0.3 is 0 Å². The van der Waals surface area contributed by atoms with Gasteiger partial charge in [0, 0.05) is 5.56 Å². The molecule has 4 heteroatoms. The van der Waals surface area contributed by atoms with Crippen LogP contribution in [0.1, 0.15) is 21.5 Å². The molecule has 26 heavy (non-hydrogen) atoms. The number of rotatable bonds is 6. The van der Waals surface area contributed by atoms with Gasteiger partial charge in [0.25, 0.3) is 0 Å². The molecule has 0 aliphatic carbocycles. The molecule has 3 rings (SSSR count). The Morgan fingerprint density at radius 3 is 2.31 bits per heavy atom. The first-order chi connectivity index (χ1) is 12.6. The molecular weight excluding hydrogens is 367 g/mol. The number of carbonyl (C=O) groups is 1. The van der Waals surface area contributed by atoms with Gasteiger partial charge in [-0.1, -0.05) is 71.7 Å². The average molecular weight is 383 g/mol. The first-order valence-corrected chi connectivity index (χ1v) is 8.82. The van der Waals surface area contributed by atoms with E-state index in [0.29, 0.717) is 22.2 Å². The van der Waals surface area contributed by atoms with Crippen LogP contribution < -0.4 is 4.74 Å². The maximum Gasteiger partial charge on any atom is 0.185 e. The van der Waals surface area contributed by atoms with Crippen molar-refractivity contribution >= 4 is 35.1 Å². The number of allylic oxidation sites excluding steroid dienone is 1. The van der Waals surface area contributed by atoms with Gasteiger partial charge in [-0.05, 0) is 47.5 Å². The van der Waals surface area contributed by atoms with Crippen molar-refractivity contribution in [1.29, 1.82) is 0 Å². The van der Waals surface area contributed by atoms with Crippen molar-refractivity contribution in [2.24, 2.45) is 0 Å². The smallest absolute Gasteiger partial charge is 0.185 e. The Hall–Kier alpha value is -2.55. The normalized spacial score (nSPS) is 10.8. The lowest BCUT2D eigenvalue weighted by Crippen LogP contribution is -1.95. The lowest BCUT2D eigenvalue weighted by molar-refractivity contribution is 0.104. The Kier molecular flexibility index (Phi) is 6.11. The Labute approximate surface area is 162 Å². The van der Waals surface area contributed by atoms with Crippen LogP contribution in [0.3, 0.4) is 0 Å². The van der Waals surface area contributed by atoms with Crippen LogP contribution in [0.25, 0.3) is 6.08 Å². The molecule has 0 spiro atoms. The van der Waals surface area contributed by atoms with Crippen LogP contribution in [0.4, 0.5) is 0 Å². The van der Waals surface area contributed by atoms with Crippen molar-refractivity contribution in [3.05, 3.63) is 106 Å². The van der Waals surface area contributed by atoms with Crippen LogP contribution in [0.2, 0.25) is 10.0 Å². The predicted octanol–water partition coefficient (Wildman–Crippen LogP) is 6.47. The van der Waals surface area contributed by atoms with Crippen molar-refractivity contribution < 1.29 is 9.53 Å². The summed E-state index contributed by atoms with van der Waals surface area (Å²) in [7, 11) is 0. The fraction of sp³-hybridized carbons (Fsp3) is 0.0455. The molecule has 0 unspecified atom stereocenters. The van der Waals surface area contributed by atoms with Crippen molar-refractivity contribution in [2.45, 2.75) is 6.61 Å². The third-order valence-electron chi connectivity index (χ3n) is 3.76. The van der Waals surface area contributed by atoms with E-state index in [0.717, 1.165) is 16.9 Å². The zero-order valence-corrected chi connectivity index (χ0v) is 15.4. The molecule has 0 aliphatic heterocycles. The molecule has 0 aromatic heterocycles. The lowest BCUT2D eigenvalue weighted by Gasteiger charge is -2.06. The Balaban J connectivity index is 1.60. The van der Waals surface area contributed by atoms with Gasteiger partial charge in [0.1, 0.15) is 12.4 Å². The number of carbonyl (C=O) groups excluding carboxylic acids is 1. The zero-order valence-electron chi connectivity index (χ0n) is 13.9. The van der Waals surface area contributed by atoms with E-state index < -0.39 is 0 Å². The Bertz CT molecular complexity index is 917. The Morgan fingerprint density at radius 1 is 0.885 bits per heavy atom. The second-order valence-electron chi connectivity index (χ2n) is 5.67. The largest absolute Gasteiger partial charge is 0.489 e. The van der Waals surface area contributed by atoms with E-state index in [9.17, 15) is 4.79 Å². The van der Waals surface area contributed by atoms with Gasteiger partial charge in [-0.25, -0.2) is 0 Å². The molecule has 0 fully saturated rings. The quantitative estimate of drug-likeness (QED) is 0.360. The number of hydrogen-bond donors (Lipinski definition) is 0. The van der Waals surface area contributed by atoms with Crippen molar-refractivity contribution in [1.82, 2.24) is 0 Å². The molecule has 0 amide bonds. The molecule has 2 nitrogen and oxygen atoms in total. The second-order valence-corrected chi connectivity index (χ2v) is 6.48. The first-order valence-electron chi connectivity index (χ1n) is 8.06. The molecule has 3 aromatic rings. The van der Waals surface area contributed by atoms with E-state index >= 15 is 0 Å². The number of benzene rings is 3. The number of halogens is 2. The first kappa shape index (κ1) is 18.2. The van der Waals surface area contributed by atoms with E-state index in [2.05, 4.69) is 0 Å². The highest BCUT2D eigenvalue weighted by Crippen LogP contribution is 2.23. The highest BCUT2D eigenvalue weighted by atomic mass is 35.5. The zero-order chi connectivity index (χ0) is 18.4. The topological polar surface area (TPSA) is 26.3 Å². The number of ether oxygens (including phenoxy) is 1. The fourth-order valence-corrected chi connectivity index (χ4v) is 2.63. The minimum Gasteiger partial charge on any atom is -0.489 e. The minimum absolute atomic E-state index is 0.132. The Morgan fingerprint density at radius 2 is 1.62 bits per heavy atom. The molecule has 0 radical (unpaired) electrons. The standard InChI is InChI=1S/C22H16Cl2O2/c23-20-12-9-18(14-21(20)24)22(25)13-8-16-6-10-19(11-7-16)26-15-17-4-2-1-3-5-17/h1-14H,15H2/b13-8+. The fourth-order valence-electron chi connectivity index (χ4n) is 2.33. The van der Waals surface area contributed by atoms with Crippen LogP contribution >= 0.6 is 23.2 Å². The number of hydrogen-bond acceptors (Lipinski definition) is 2. The van der Waals surface area contributed by atoms with Crippen LogP contribution in [0.15, 0.2) is 78.9 Å². The highest BCUT2D eigenvalue weighted by Gasteiger charge is 2.05. The molecule has 0 N–H and O–H groups in total. The summed E-state index contributed by atoms with van der Waals surface area (Å²) in [6, 6.07) is 22.4.